The average Bonchev–Trinajstić information content (AvgIpc) is 2.66. The Labute approximate surface area is 170 Å². The third kappa shape index (κ3) is 3.31. The fourth-order valence-electron chi connectivity index (χ4n) is 3.07. The molecule has 9 heteroatoms. The van der Waals surface area contributed by atoms with Crippen LogP contribution in [0.1, 0.15) is 21.5 Å². The first-order chi connectivity index (χ1) is 13.1. The molecule has 2 aromatic heterocycles. The molecule has 0 aliphatic rings. The van der Waals surface area contributed by atoms with Gasteiger partial charge >= 0.3 is 5.69 Å². The van der Waals surface area contributed by atoms with Crippen molar-refractivity contribution in [1.29, 1.82) is 0 Å². The van der Waals surface area contributed by atoms with Crippen molar-refractivity contribution in [3.8, 4) is 0 Å². The molecule has 146 valence electrons. The van der Waals surface area contributed by atoms with E-state index >= 15 is 0 Å². The van der Waals surface area contributed by atoms with Crippen molar-refractivity contribution >= 4 is 40.1 Å². The molecule has 0 saturated carbocycles. The lowest BCUT2D eigenvalue weighted by Gasteiger charge is -2.19. The topological polar surface area (TPSA) is 77.2 Å². The van der Waals surface area contributed by atoms with E-state index in [4.69, 9.17) is 23.2 Å². The van der Waals surface area contributed by atoms with Gasteiger partial charge in [0.2, 0.25) is 0 Å². The number of benzene rings is 1. The van der Waals surface area contributed by atoms with Crippen molar-refractivity contribution in [2.75, 3.05) is 7.05 Å². The predicted molar refractivity (Wildman–Crippen MR) is 109 cm³/mol. The summed E-state index contributed by atoms with van der Waals surface area (Å²) in [6, 6.07) is 5.16. The molecule has 3 aromatic rings. The minimum absolute atomic E-state index is 0.245. The number of nitrogens with zero attached hydrogens (tertiary/aromatic N) is 4. The third-order valence-corrected chi connectivity index (χ3v) is 5.45. The number of carbonyl (C=O) groups is 1. The number of amides is 1. The van der Waals surface area contributed by atoms with Crippen LogP contribution in [0.3, 0.4) is 0 Å². The second-order valence-electron chi connectivity index (χ2n) is 6.61. The molecule has 3 rings (SSSR count). The van der Waals surface area contributed by atoms with Gasteiger partial charge in [0.1, 0.15) is 5.65 Å². The predicted octanol–water partition coefficient (Wildman–Crippen LogP) is 2.52. The lowest BCUT2D eigenvalue weighted by atomic mass is 10.1. The van der Waals surface area contributed by atoms with Gasteiger partial charge in [0.25, 0.3) is 11.5 Å². The van der Waals surface area contributed by atoms with Crippen molar-refractivity contribution in [2.24, 2.45) is 14.1 Å². The number of halogens is 2. The quantitative estimate of drug-likeness (QED) is 0.651. The Kier molecular flexibility index (Phi) is 5.32. The standard InChI is InChI=1S/C19H18Cl2N4O3/c1-10-12(8-22-16-15(10)18(27)25(4)19(28)24(16)3)17(26)23(2)9-11-5-6-13(20)14(21)7-11/h5-8H,9H2,1-4H3. The SMILES string of the molecule is Cc1c(C(=O)N(C)Cc2ccc(Cl)c(Cl)c2)cnc2c1c(=O)n(C)c(=O)n2C. The van der Waals surface area contributed by atoms with E-state index in [0.717, 1.165) is 10.1 Å². The Bertz CT molecular complexity index is 1230. The average molecular weight is 421 g/mol. The molecule has 28 heavy (non-hydrogen) atoms. The number of aromatic nitrogens is 3. The summed E-state index contributed by atoms with van der Waals surface area (Å²) in [5, 5.41) is 1.10. The second kappa shape index (κ2) is 7.41. The highest BCUT2D eigenvalue weighted by molar-refractivity contribution is 6.42. The number of rotatable bonds is 3. The number of hydrogen-bond acceptors (Lipinski definition) is 4. The maximum absolute atomic E-state index is 13.0. The van der Waals surface area contributed by atoms with Crippen LogP contribution in [0.4, 0.5) is 0 Å². The molecule has 0 radical (unpaired) electrons. The summed E-state index contributed by atoms with van der Waals surface area (Å²) >= 11 is 12.0. The first-order valence-corrected chi connectivity index (χ1v) is 9.13. The van der Waals surface area contributed by atoms with Crippen molar-refractivity contribution < 1.29 is 4.79 Å². The van der Waals surface area contributed by atoms with Crippen LogP contribution in [-0.4, -0.2) is 32.0 Å². The van der Waals surface area contributed by atoms with E-state index in [1.165, 1.54) is 29.8 Å². The molecule has 0 fully saturated rings. The number of pyridine rings is 1. The van der Waals surface area contributed by atoms with E-state index in [1.807, 2.05) is 0 Å². The van der Waals surface area contributed by atoms with Crippen LogP contribution in [-0.2, 0) is 20.6 Å². The molecule has 7 nitrogen and oxygen atoms in total. The molecule has 0 aliphatic heterocycles. The smallest absolute Gasteiger partial charge is 0.332 e. The highest BCUT2D eigenvalue weighted by atomic mass is 35.5. The first kappa shape index (κ1) is 20.1. The van der Waals surface area contributed by atoms with E-state index < -0.39 is 11.2 Å². The van der Waals surface area contributed by atoms with Gasteiger partial charge in [-0.25, -0.2) is 9.78 Å². The molecule has 2 heterocycles. The maximum Gasteiger partial charge on any atom is 0.332 e. The Morgan fingerprint density at radius 1 is 1.14 bits per heavy atom. The number of carbonyl (C=O) groups excluding carboxylic acids is 1. The molecule has 1 aromatic carbocycles. The molecular formula is C19H18Cl2N4O3. The van der Waals surface area contributed by atoms with Crippen molar-refractivity contribution in [3.05, 3.63) is 72.0 Å². The Hall–Kier alpha value is -2.64. The lowest BCUT2D eigenvalue weighted by molar-refractivity contribution is 0.0784. The summed E-state index contributed by atoms with van der Waals surface area (Å²) in [6.45, 7) is 1.98. The minimum atomic E-state index is -0.482. The highest BCUT2D eigenvalue weighted by Crippen LogP contribution is 2.24. The molecule has 0 aliphatic carbocycles. The summed E-state index contributed by atoms with van der Waals surface area (Å²) in [4.78, 5) is 43.3. The van der Waals surface area contributed by atoms with Gasteiger partial charge in [-0.05, 0) is 30.2 Å². The Morgan fingerprint density at radius 3 is 2.46 bits per heavy atom. The normalized spacial score (nSPS) is 11.1. The van der Waals surface area contributed by atoms with E-state index in [0.29, 0.717) is 27.7 Å². The van der Waals surface area contributed by atoms with Crippen molar-refractivity contribution in [1.82, 2.24) is 19.0 Å². The van der Waals surface area contributed by atoms with Gasteiger partial charge in [0.05, 0.1) is 21.0 Å². The highest BCUT2D eigenvalue weighted by Gasteiger charge is 2.20. The van der Waals surface area contributed by atoms with E-state index in [-0.39, 0.29) is 16.9 Å². The summed E-state index contributed by atoms with van der Waals surface area (Å²) in [7, 11) is 4.58. The van der Waals surface area contributed by atoms with E-state index in [1.54, 1.807) is 32.2 Å². The number of fused-ring (bicyclic) bond motifs is 1. The molecule has 0 atom stereocenters. The molecule has 0 N–H and O–H groups in total. The van der Waals surface area contributed by atoms with E-state index in [2.05, 4.69) is 4.98 Å². The molecule has 0 bridgehead atoms. The van der Waals surface area contributed by atoms with Gasteiger partial charge < -0.3 is 4.90 Å². The fourth-order valence-corrected chi connectivity index (χ4v) is 3.40. The summed E-state index contributed by atoms with van der Waals surface area (Å²) < 4.78 is 2.29. The van der Waals surface area contributed by atoms with Crippen molar-refractivity contribution in [2.45, 2.75) is 13.5 Å². The summed E-state index contributed by atoms with van der Waals surface area (Å²) in [5.41, 5.74) is 0.882. The monoisotopic (exact) mass is 420 g/mol. The molecule has 1 amide bonds. The van der Waals surface area contributed by atoms with Crippen LogP contribution in [0.15, 0.2) is 34.0 Å². The number of hydrogen-bond donors (Lipinski definition) is 0. The first-order valence-electron chi connectivity index (χ1n) is 8.38. The zero-order chi connectivity index (χ0) is 20.7. The minimum Gasteiger partial charge on any atom is -0.337 e. The van der Waals surface area contributed by atoms with Gasteiger partial charge in [-0.2, -0.15) is 0 Å². The van der Waals surface area contributed by atoms with Crippen LogP contribution in [0, 0.1) is 6.92 Å². The number of aryl methyl sites for hydroxylation is 2. The Morgan fingerprint density at radius 2 is 1.82 bits per heavy atom. The molecular weight excluding hydrogens is 403 g/mol. The largest absolute Gasteiger partial charge is 0.337 e. The molecule has 0 spiro atoms. The van der Waals surface area contributed by atoms with Gasteiger partial charge in [-0.1, -0.05) is 29.3 Å². The van der Waals surface area contributed by atoms with Gasteiger partial charge in [-0.3, -0.25) is 18.7 Å². The zero-order valence-corrected chi connectivity index (χ0v) is 17.3. The second-order valence-corrected chi connectivity index (χ2v) is 7.43. The summed E-state index contributed by atoms with van der Waals surface area (Å²) in [5.74, 6) is -0.297. The van der Waals surface area contributed by atoms with Crippen LogP contribution in [0.25, 0.3) is 11.0 Å². The van der Waals surface area contributed by atoms with E-state index in [9.17, 15) is 14.4 Å². The Balaban J connectivity index is 2.04. The van der Waals surface area contributed by atoms with Gasteiger partial charge in [-0.15, -0.1) is 0 Å². The van der Waals surface area contributed by atoms with Crippen molar-refractivity contribution in [3.63, 3.8) is 0 Å². The van der Waals surface area contributed by atoms with Crippen LogP contribution in [0.2, 0.25) is 10.0 Å². The van der Waals surface area contributed by atoms with Crippen LogP contribution < -0.4 is 11.2 Å². The molecule has 0 unspecified atom stereocenters. The molecule has 0 saturated heterocycles. The zero-order valence-electron chi connectivity index (χ0n) is 15.8. The fraction of sp³-hybridized carbons (Fsp3) is 0.263. The van der Waals surface area contributed by atoms with Crippen LogP contribution >= 0.6 is 23.2 Å². The van der Waals surface area contributed by atoms with Crippen LogP contribution in [0.5, 0.6) is 0 Å². The lowest BCUT2D eigenvalue weighted by Crippen LogP contribution is -2.38. The maximum atomic E-state index is 13.0. The van der Waals surface area contributed by atoms with Gasteiger partial charge in [0, 0.05) is 33.9 Å². The summed E-state index contributed by atoms with van der Waals surface area (Å²) in [6.07, 6.45) is 1.39. The third-order valence-electron chi connectivity index (χ3n) is 4.71. The van der Waals surface area contributed by atoms with Gasteiger partial charge in [0.15, 0.2) is 0 Å².